The molecule has 1 saturated heterocycles. The highest BCUT2D eigenvalue weighted by Crippen LogP contribution is 2.31. The molecule has 1 aliphatic carbocycles. The molecule has 2 heteroatoms. The van der Waals surface area contributed by atoms with E-state index in [4.69, 9.17) is 0 Å². The Bertz CT molecular complexity index is 225. The first-order chi connectivity index (χ1) is 8.09. The molecule has 0 aromatic heterocycles. The molecule has 2 nitrogen and oxygen atoms in total. The molecule has 1 atom stereocenters. The van der Waals surface area contributed by atoms with Gasteiger partial charge >= 0.3 is 0 Å². The Morgan fingerprint density at radius 3 is 2.41 bits per heavy atom. The highest BCUT2D eigenvalue weighted by Gasteiger charge is 2.30. The van der Waals surface area contributed by atoms with Crippen LogP contribution in [0.5, 0.6) is 0 Å². The summed E-state index contributed by atoms with van der Waals surface area (Å²) in [7, 11) is 2.24. The summed E-state index contributed by atoms with van der Waals surface area (Å²) in [5, 5.41) is 3.83. The van der Waals surface area contributed by atoms with E-state index in [1.807, 2.05) is 0 Å². The maximum Gasteiger partial charge on any atom is 0.00672 e. The van der Waals surface area contributed by atoms with Crippen LogP contribution in [-0.2, 0) is 0 Å². The SMILES string of the molecule is CC(NCC1(C)CCN(C)CC1)C1CCCC1. The summed E-state index contributed by atoms with van der Waals surface area (Å²) < 4.78 is 0. The number of nitrogens with zero attached hydrogens (tertiary/aromatic N) is 1. The van der Waals surface area contributed by atoms with Crippen LogP contribution in [0.4, 0.5) is 0 Å². The third-order valence-corrected chi connectivity index (χ3v) is 5.15. The molecule has 0 bridgehead atoms. The number of hydrogen-bond donors (Lipinski definition) is 1. The normalized spacial score (nSPS) is 28.4. The van der Waals surface area contributed by atoms with Crippen LogP contribution in [0.2, 0.25) is 0 Å². The van der Waals surface area contributed by atoms with Crippen molar-refractivity contribution in [2.24, 2.45) is 11.3 Å². The van der Waals surface area contributed by atoms with E-state index in [-0.39, 0.29) is 0 Å². The summed E-state index contributed by atoms with van der Waals surface area (Å²) in [4.78, 5) is 2.46. The van der Waals surface area contributed by atoms with Crippen molar-refractivity contribution < 1.29 is 0 Å². The molecule has 1 N–H and O–H groups in total. The van der Waals surface area contributed by atoms with Gasteiger partial charge in [-0.1, -0.05) is 19.8 Å². The van der Waals surface area contributed by atoms with Gasteiger partial charge in [0.1, 0.15) is 0 Å². The first-order valence-electron chi connectivity index (χ1n) is 7.51. The monoisotopic (exact) mass is 238 g/mol. The van der Waals surface area contributed by atoms with Crippen molar-refractivity contribution in [3.05, 3.63) is 0 Å². The largest absolute Gasteiger partial charge is 0.313 e. The Morgan fingerprint density at radius 1 is 1.24 bits per heavy atom. The fraction of sp³-hybridized carbons (Fsp3) is 1.00. The molecule has 0 radical (unpaired) electrons. The van der Waals surface area contributed by atoms with E-state index < -0.39 is 0 Å². The minimum Gasteiger partial charge on any atom is -0.313 e. The van der Waals surface area contributed by atoms with Crippen LogP contribution in [0.25, 0.3) is 0 Å². The van der Waals surface area contributed by atoms with E-state index in [0.717, 1.165) is 12.0 Å². The fourth-order valence-corrected chi connectivity index (χ4v) is 3.37. The van der Waals surface area contributed by atoms with E-state index in [2.05, 4.69) is 31.1 Å². The molecule has 1 saturated carbocycles. The van der Waals surface area contributed by atoms with Crippen molar-refractivity contribution in [3.8, 4) is 0 Å². The topological polar surface area (TPSA) is 15.3 Å². The Kier molecular flexibility index (Phi) is 4.48. The molecule has 2 aliphatic rings. The smallest absolute Gasteiger partial charge is 0.00672 e. The van der Waals surface area contributed by atoms with Crippen LogP contribution in [0.15, 0.2) is 0 Å². The maximum absolute atomic E-state index is 3.83. The highest BCUT2D eigenvalue weighted by molar-refractivity contribution is 4.86. The van der Waals surface area contributed by atoms with E-state index >= 15 is 0 Å². The number of hydrogen-bond acceptors (Lipinski definition) is 2. The van der Waals surface area contributed by atoms with E-state index in [1.54, 1.807) is 0 Å². The number of nitrogens with one attached hydrogen (secondary N) is 1. The second kappa shape index (κ2) is 5.71. The molecule has 2 fully saturated rings. The quantitative estimate of drug-likeness (QED) is 0.810. The van der Waals surface area contributed by atoms with Crippen molar-refractivity contribution in [2.75, 3.05) is 26.7 Å². The molecule has 1 heterocycles. The van der Waals surface area contributed by atoms with Gasteiger partial charge in [0, 0.05) is 12.6 Å². The van der Waals surface area contributed by atoms with Gasteiger partial charge in [0.15, 0.2) is 0 Å². The van der Waals surface area contributed by atoms with Gasteiger partial charge in [0.25, 0.3) is 0 Å². The zero-order chi connectivity index (χ0) is 12.3. The van der Waals surface area contributed by atoms with E-state index in [1.165, 1.54) is 58.2 Å². The standard InChI is InChI=1S/C15H30N2/c1-13(14-6-4-5-7-14)16-12-15(2)8-10-17(3)11-9-15/h13-14,16H,4-12H2,1-3H3. The zero-order valence-electron chi connectivity index (χ0n) is 12.0. The average Bonchev–Trinajstić information content (AvgIpc) is 2.84. The minimum absolute atomic E-state index is 0.541. The minimum atomic E-state index is 0.541. The lowest BCUT2D eigenvalue weighted by atomic mass is 9.80. The van der Waals surface area contributed by atoms with Crippen LogP contribution >= 0.6 is 0 Å². The Balaban J connectivity index is 1.73. The molecule has 1 aliphatic heterocycles. The third-order valence-electron chi connectivity index (χ3n) is 5.15. The Hall–Kier alpha value is -0.0800. The fourth-order valence-electron chi connectivity index (χ4n) is 3.37. The van der Waals surface area contributed by atoms with Crippen molar-refractivity contribution in [3.63, 3.8) is 0 Å². The number of rotatable bonds is 4. The van der Waals surface area contributed by atoms with Gasteiger partial charge in [-0.2, -0.15) is 0 Å². The van der Waals surface area contributed by atoms with Gasteiger partial charge in [-0.25, -0.2) is 0 Å². The molecule has 1 unspecified atom stereocenters. The number of piperidine rings is 1. The van der Waals surface area contributed by atoms with Crippen molar-refractivity contribution in [1.82, 2.24) is 10.2 Å². The Labute approximate surface area is 107 Å². The van der Waals surface area contributed by atoms with Gasteiger partial charge in [-0.3, -0.25) is 0 Å². The summed E-state index contributed by atoms with van der Waals surface area (Å²) in [5.74, 6) is 0.949. The zero-order valence-corrected chi connectivity index (χ0v) is 12.0. The van der Waals surface area contributed by atoms with Gasteiger partial charge in [-0.05, 0) is 64.1 Å². The van der Waals surface area contributed by atoms with Crippen LogP contribution < -0.4 is 5.32 Å². The summed E-state index contributed by atoms with van der Waals surface area (Å²) in [6.07, 6.45) is 8.53. The predicted molar refractivity (Wildman–Crippen MR) is 74.3 cm³/mol. The molecular weight excluding hydrogens is 208 g/mol. The van der Waals surface area contributed by atoms with Gasteiger partial charge in [-0.15, -0.1) is 0 Å². The van der Waals surface area contributed by atoms with E-state index in [9.17, 15) is 0 Å². The first-order valence-corrected chi connectivity index (χ1v) is 7.51. The first kappa shape index (κ1) is 13.4. The van der Waals surface area contributed by atoms with Crippen LogP contribution in [0.3, 0.4) is 0 Å². The van der Waals surface area contributed by atoms with Crippen LogP contribution in [0.1, 0.15) is 52.4 Å². The Morgan fingerprint density at radius 2 is 1.82 bits per heavy atom. The van der Waals surface area contributed by atoms with Crippen LogP contribution in [-0.4, -0.2) is 37.6 Å². The highest BCUT2D eigenvalue weighted by atomic mass is 15.1. The second-order valence-electron chi connectivity index (χ2n) is 6.83. The van der Waals surface area contributed by atoms with Crippen molar-refractivity contribution in [1.29, 1.82) is 0 Å². The lowest BCUT2D eigenvalue weighted by Gasteiger charge is -2.39. The second-order valence-corrected chi connectivity index (χ2v) is 6.83. The van der Waals surface area contributed by atoms with E-state index in [0.29, 0.717) is 5.41 Å². The lowest BCUT2D eigenvalue weighted by molar-refractivity contribution is 0.130. The van der Waals surface area contributed by atoms with Crippen LogP contribution in [0, 0.1) is 11.3 Å². The van der Waals surface area contributed by atoms with Gasteiger partial charge < -0.3 is 10.2 Å². The molecule has 100 valence electrons. The lowest BCUT2D eigenvalue weighted by Crippen LogP contribution is -2.45. The summed E-state index contributed by atoms with van der Waals surface area (Å²) >= 11 is 0. The summed E-state index contributed by atoms with van der Waals surface area (Å²) in [6.45, 7) is 8.63. The molecule has 0 aromatic rings. The molecule has 0 amide bonds. The third kappa shape index (κ3) is 3.69. The summed E-state index contributed by atoms with van der Waals surface area (Å²) in [6, 6.07) is 0.731. The average molecular weight is 238 g/mol. The van der Waals surface area contributed by atoms with Crippen molar-refractivity contribution in [2.45, 2.75) is 58.4 Å². The number of likely N-dealkylation sites (tertiary alicyclic amines) is 1. The molecule has 0 spiro atoms. The maximum atomic E-state index is 3.83. The van der Waals surface area contributed by atoms with Gasteiger partial charge in [0.05, 0.1) is 0 Å². The van der Waals surface area contributed by atoms with Gasteiger partial charge in [0.2, 0.25) is 0 Å². The summed E-state index contributed by atoms with van der Waals surface area (Å²) in [5.41, 5.74) is 0.541. The van der Waals surface area contributed by atoms with Crippen molar-refractivity contribution >= 4 is 0 Å². The predicted octanol–water partition coefficient (Wildman–Crippen LogP) is 2.89. The molecule has 0 aromatic carbocycles. The molecule has 17 heavy (non-hydrogen) atoms. The molecular formula is C15H30N2. The molecule has 2 rings (SSSR count).